The summed E-state index contributed by atoms with van der Waals surface area (Å²) in [6.45, 7) is 10.5. The van der Waals surface area contributed by atoms with E-state index in [0.717, 1.165) is 16.8 Å². The van der Waals surface area contributed by atoms with Crippen LogP contribution in [-0.2, 0) is 9.63 Å². The quantitative estimate of drug-likeness (QED) is 0.602. The molecule has 1 fully saturated rings. The summed E-state index contributed by atoms with van der Waals surface area (Å²) >= 11 is 0. The number of piperidine rings is 1. The van der Waals surface area contributed by atoms with E-state index in [2.05, 4.69) is 5.16 Å². The number of nitrogens with zero attached hydrogens (tertiary/aromatic N) is 2. The molecular formula is C21H28N2O4. The Labute approximate surface area is 160 Å². The van der Waals surface area contributed by atoms with E-state index in [1.807, 2.05) is 39.8 Å². The lowest BCUT2D eigenvalue weighted by atomic mass is 9.82. The number of benzene rings is 1. The zero-order valence-corrected chi connectivity index (χ0v) is 16.8. The molecule has 0 bridgehead atoms. The summed E-state index contributed by atoms with van der Waals surface area (Å²) in [6, 6.07) is 3.88. The number of ether oxygens (including phenoxy) is 1. The molecule has 1 saturated heterocycles. The molecule has 1 aromatic rings. The van der Waals surface area contributed by atoms with E-state index in [1.165, 1.54) is 0 Å². The molecule has 0 aliphatic carbocycles. The number of carbonyl (C=O) groups excluding carboxylic acids is 2. The maximum absolute atomic E-state index is 12.7. The fourth-order valence-electron chi connectivity index (χ4n) is 3.65. The van der Waals surface area contributed by atoms with Crippen LogP contribution in [0.2, 0.25) is 0 Å². The molecule has 0 aromatic heterocycles. The first kappa shape index (κ1) is 19.4. The highest BCUT2D eigenvalue weighted by atomic mass is 16.6. The van der Waals surface area contributed by atoms with E-state index < -0.39 is 11.7 Å². The number of carbonyl (C=O) groups is 2. The van der Waals surface area contributed by atoms with E-state index in [0.29, 0.717) is 43.7 Å². The molecule has 6 heteroatoms. The minimum absolute atomic E-state index is 0.0798. The van der Waals surface area contributed by atoms with Crippen molar-refractivity contribution in [3.63, 3.8) is 0 Å². The Morgan fingerprint density at radius 2 is 1.85 bits per heavy atom. The van der Waals surface area contributed by atoms with Crippen LogP contribution in [-0.4, -0.2) is 47.1 Å². The predicted octanol–water partition coefficient (Wildman–Crippen LogP) is 3.43. The highest BCUT2D eigenvalue weighted by molar-refractivity contribution is 6.00. The number of amides is 1. The highest BCUT2D eigenvalue weighted by Crippen LogP contribution is 2.40. The van der Waals surface area contributed by atoms with Crippen LogP contribution in [0.5, 0.6) is 5.75 Å². The first-order valence-corrected chi connectivity index (χ1v) is 9.50. The third-order valence-corrected chi connectivity index (χ3v) is 5.43. The maximum Gasteiger partial charge on any atom is 0.266 e. The van der Waals surface area contributed by atoms with Gasteiger partial charge in [0, 0.05) is 25.9 Å². The van der Waals surface area contributed by atoms with Crippen LogP contribution >= 0.6 is 0 Å². The highest BCUT2D eigenvalue weighted by Gasteiger charge is 2.44. The fourth-order valence-corrected chi connectivity index (χ4v) is 3.65. The Morgan fingerprint density at radius 3 is 2.48 bits per heavy atom. The summed E-state index contributed by atoms with van der Waals surface area (Å²) in [5.74, 6) is 0.728. The number of fused-ring (bicyclic) bond motifs is 1. The molecule has 1 amide bonds. The van der Waals surface area contributed by atoms with Crippen LogP contribution < -0.4 is 4.74 Å². The second kappa shape index (κ2) is 7.33. The number of oxime groups is 1. The van der Waals surface area contributed by atoms with Crippen molar-refractivity contribution in [2.45, 2.75) is 65.6 Å². The van der Waals surface area contributed by atoms with Crippen LogP contribution in [0.3, 0.4) is 0 Å². The van der Waals surface area contributed by atoms with Gasteiger partial charge in [-0.25, -0.2) is 0 Å². The van der Waals surface area contributed by atoms with Gasteiger partial charge < -0.3 is 14.5 Å². The van der Waals surface area contributed by atoms with Crippen molar-refractivity contribution in [2.75, 3.05) is 13.1 Å². The Bertz CT molecular complexity index is 788. The zero-order valence-electron chi connectivity index (χ0n) is 16.8. The van der Waals surface area contributed by atoms with E-state index >= 15 is 0 Å². The normalized spacial score (nSPS) is 19.1. The summed E-state index contributed by atoms with van der Waals surface area (Å²) in [6.07, 6.45) is 1.03. The Hall–Kier alpha value is -2.37. The van der Waals surface area contributed by atoms with Gasteiger partial charge in [0.2, 0.25) is 6.10 Å². The lowest BCUT2D eigenvalue weighted by Gasteiger charge is -2.44. The number of Topliss-reactive ketones (excluding diaryl/α,β-unsaturated/α-hetero) is 1. The van der Waals surface area contributed by atoms with E-state index in [-0.39, 0.29) is 11.7 Å². The SMILES string of the molecule is CC(C)=NOC(C)C(=O)N1CCC2(CC1)CC(=O)c1cc(C)c(C)cc1O2. The Kier molecular flexibility index (Phi) is 5.27. The molecule has 3 rings (SSSR count). The lowest BCUT2D eigenvalue weighted by molar-refractivity contribution is -0.146. The van der Waals surface area contributed by atoms with Gasteiger partial charge >= 0.3 is 0 Å². The molecule has 146 valence electrons. The first-order valence-electron chi connectivity index (χ1n) is 9.50. The van der Waals surface area contributed by atoms with E-state index in [4.69, 9.17) is 9.57 Å². The number of rotatable bonds is 3. The summed E-state index contributed by atoms with van der Waals surface area (Å²) in [4.78, 5) is 32.3. The number of aryl methyl sites for hydroxylation is 2. The van der Waals surface area contributed by atoms with E-state index in [9.17, 15) is 9.59 Å². The van der Waals surface area contributed by atoms with Gasteiger partial charge in [-0.15, -0.1) is 0 Å². The van der Waals surface area contributed by atoms with Crippen molar-refractivity contribution in [1.29, 1.82) is 0 Å². The first-order chi connectivity index (χ1) is 12.7. The van der Waals surface area contributed by atoms with Crippen molar-refractivity contribution >= 4 is 17.4 Å². The fraction of sp³-hybridized carbons (Fsp3) is 0.571. The monoisotopic (exact) mass is 372 g/mol. The molecule has 27 heavy (non-hydrogen) atoms. The molecule has 1 spiro atoms. The minimum atomic E-state index is -0.616. The zero-order chi connectivity index (χ0) is 19.8. The molecule has 0 radical (unpaired) electrons. The van der Waals surface area contributed by atoms with Crippen LogP contribution in [0, 0.1) is 13.8 Å². The molecule has 2 aliphatic rings. The number of likely N-dealkylation sites (tertiary alicyclic amines) is 1. The van der Waals surface area contributed by atoms with Gasteiger partial charge in [0.1, 0.15) is 11.4 Å². The average Bonchev–Trinajstić information content (AvgIpc) is 2.61. The second-order valence-corrected chi connectivity index (χ2v) is 7.93. The Morgan fingerprint density at radius 1 is 1.22 bits per heavy atom. The lowest BCUT2D eigenvalue weighted by Crippen LogP contribution is -2.53. The molecule has 1 unspecified atom stereocenters. The predicted molar refractivity (Wildman–Crippen MR) is 103 cm³/mol. The number of ketones is 1. The van der Waals surface area contributed by atoms with Gasteiger partial charge in [-0.05, 0) is 57.9 Å². The van der Waals surface area contributed by atoms with Gasteiger partial charge in [-0.1, -0.05) is 5.16 Å². The summed E-state index contributed by atoms with van der Waals surface area (Å²) in [5, 5.41) is 3.87. The summed E-state index contributed by atoms with van der Waals surface area (Å²) in [7, 11) is 0. The second-order valence-electron chi connectivity index (χ2n) is 7.93. The molecule has 0 N–H and O–H groups in total. The van der Waals surface area contributed by atoms with Gasteiger partial charge in [0.25, 0.3) is 5.91 Å². The van der Waals surface area contributed by atoms with Crippen LogP contribution in [0.25, 0.3) is 0 Å². The molecule has 1 atom stereocenters. The molecular weight excluding hydrogens is 344 g/mol. The van der Waals surface area contributed by atoms with Gasteiger partial charge in [0.05, 0.1) is 17.7 Å². The number of hydrogen-bond acceptors (Lipinski definition) is 5. The van der Waals surface area contributed by atoms with Crippen LogP contribution in [0.1, 0.15) is 61.5 Å². The average molecular weight is 372 g/mol. The van der Waals surface area contributed by atoms with E-state index in [1.54, 1.807) is 11.8 Å². The third kappa shape index (κ3) is 3.99. The summed E-state index contributed by atoms with van der Waals surface area (Å²) < 4.78 is 6.32. The molecule has 6 nitrogen and oxygen atoms in total. The van der Waals surface area contributed by atoms with Crippen LogP contribution in [0.15, 0.2) is 17.3 Å². The Balaban J connectivity index is 1.68. The van der Waals surface area contributed by atoms with Gasteiger partial charge in [-0.2, -0.15) is 0 Å². The molecule has 0 saturated carbocycles. The number of hydrogen-bond donors (Lipinski definition) is 0. The summed E-state index contributed by atoms with van der Waals surface area (Å²) in [5.41, 5.74) is 3.15. The molecule has 1 aromatic carbocycles. The van der Waals surface area contributed by atoms with Gasteiger partial charge in [-0.3, -0.25) is 9.59 Å². The smallest absolute Gasteiger partial charge is 0.266 e. The third-order valence-electron chi connectivity index (χ3n) is 5.43. The largest absolute Gasteiger partial charge is 0.486 e. The van der Waals surface area contributed by atoms with Crippen LogP contribution in [0.4, 0.5) is 0 Å². The molecule has 2 aliphatic heterocycles. The van der Waals surface area contributed by atoms with Crippen molar-refractivity contribution in [3.8, 4) is 5.75 Å². The minimum Gasteiger partial charge on any atom is -0.486 e. The topological polar surface area (TPSA) is 68.2 Å². The molecule has 2 heterocycles. The maximum atomic E-state index is 12.7. The van der Waals surface area contributed by atoms with Crippen molar-refractivity contribution in [1.82, 2.24) is 4.90 Å². The van der Waals surface area contributed by atoms with Crippen molar-refractivity contribution in [2.24, 2.45) is 5.16 Å². The van der Waals surface area contributed by atoms with Crippen molar-refractivity contribution < 1.29 is 19.2 Å². The van der Waals surface area contributed by atoms with Gasteiger partial charge in [0.15, 0.2) is 5.78 Å². The standard InChI is InChI=1S/C21H28N2O4/c1-13(2)22-27-16(5)20(25)23-8-6-21(7-9-23)12-18(24)17-10-14(3)15(4)11-19(17)26-21/h10-11,16H,6-9,12H2,1-5H3. The van der Waals surface area contributed by atoms with Crippen molar-refractivity contribution in [3.05, 3.63) is 28.8 Å².